The molecule has 1 fully saturated rings. The van der Waals surface area contributed by atoms with E-state index >= 15 is 0 Å². The van der Waals surface area contributed by atoms with Crippen LogP contribution in [0, 0.1) is 0 Å². The smallest absolute Gasteiger partial charge is 0.138 e. The molecule has 2 aliphatic rings. The van der Waals surface area contributed by atoms with Gasteiger partial charge >= 0.3 is 0 Å². The molecule has 0 spiro atoms. The van der Waals surface area contributed by atoms with Crippen molar-refractivity contribution >= 4 is 0 Å². The summed E-state index contributed by atoms with van der Waals surface area (Å²) in [6, 6.07) is 0. The van der Waals surface area contributed by atoms with Gasteiger partial charge < -0.3 is 14.2 Å². The molecule has 0 bridgehead atoms. The van der Waals surface area contributed by atoms with Crippen molar-refractivity contribution in [2.45, 2.75) is 12.5 Å². The van der Waals surface area contributed by atoms with Gasteiger partial charge in [0.1, 0.15) is 11.9 Å². The highest BCUT2D eigenvalue weighted by Crippen LogP contribution is 2.16. The summed E-state index contributed by atoms with van der Waals surface area (Å²) in [7, 11) is 0. The second kappa shape index (κ2) is 3.74. The zero-order valence-electron chi connectivity index (χ0n) is 6.86. The van der Waals surface area contributed by atoms with Gasteiger partial charge in [-0.15, -0.1) is 0 Å². The van der Waals surface area contributed by atoms with Crippen LogP contribution in [0.15, 0.2) is 24.2 Å². The second-order valence-corrected chi connectivity index (χ2v) is 2.77. The van der Waals surface area contributed by atoms with Crippen LogP contribution < -0.4 is 0 Å². The molecular weight excluding hydrogens is 156 g/mol. The first-order chi connectivity index (χ1) is 5.97. The minimum Gasteiger partial charge on any atom is -0.467 e. The number of allylic oxidation sites excluding steroid dienone is 2. The van der Waals surface area contributed by atoms with E-state index in [1.807, 2.05) is 12.2 Å². The van der Waals surface area contributed by atoms with Gasteiger partial charge in [0.15, 0.2) is 0 Å². The Morgan fingerprint density at radius 2 is 2.33 bits per heavy atom. The Kier molecular flexibility index (Phi) is 2.44. The molecule has 1 unspecified atom stereocenters. The molecule has 0 aliphatic carbocycles. The summed E-state index contributed by atoms with van der Waals surface area (Å²) in [6.07, 6.45) is 6.62. The predicted octanol–water partition coefficient (Wildman–Crippen LogP) is 1.22. The summed E-state index contributed by atoms with van der Waals surface area (Å²) < 4.78 is 16.0. The Balaban J connectivity index is 1.93. The van der Waals surface area contributed by atoms with Crippen LogP contribution in [0.2, 0.25) is 0 Å². The molecule has 3 heteroatoms. The van der Waals surface area contributed by atoms with E-state index in [0.29, 0.717) is 19.8 Å². The molecule has 0 saturated carbocycles. The van der Waals surface area contributed by atoms with Crippen LogP contribution in [-0.4, -0.2) is 25.9 Å². The lowest BCUT2D eigenvalue weighted by Crippen LogP contribution is -2.31. The minimum absolute atomic E-state index is 0.00343. The Hall–Kier alpha value is -0.800. The summed E-state index contributed by atoms with van der Waals surface area (Å²) in [4.78, 5) is 0. The van der Waals surface area contributed by atoms with E-state index < -0.39 is 0 Å². The van der Waals surface area contributed by atoms with E-state index in [-0.39, 0.29) is 6.10 Å². The van der Waals surface area contributed by atoms with E-state index in [1.54, 1.807) is 6.26 Å². The van der Waals surface area contributed by atoms with Gasteiger partial charge in [-0.3, -0.25) is 0 Å². The maximum atomic E-state index is 5.47. The molecule has 1 saturated heterocycles. The van der Waals surface area contributed by atoms with E-state index in [0.717, 1.165) is 12.2 Å². The summed E-state index contributed by atoms with van der Waals surface area (Å²) in [5.74, 6) is 0.886. The highest BCUT2D eigenvalue weighted by atomic mass is 16.6. The van der Waals surface area contributed by atoms with Crippen molar-refractivity contribution < 1.29 is 14.2 Å². The molecule has 0 N–H and O–H groups in total. The van der Waals surface area contributed by atoms with Crippen LogP contribution in [0.1, 0.15) is 6.42 Å². The molecule has 0 aromatic heterocycles. The molecule has 66 valence electrons. The monoisotopic (exact) mass is 168 g/mol. The highest BCUT2D eigenvalue weighted by molar-refractivity contribution is 5.09. The van der Waals surface area contributed by atoms with Crippen molar-refractivity contribution in [3.05, 3.63) is 24.2 Å². The lowest BCUT2D eigenvalue weighted by molar-refractivity contribution is -0.0863. The Bertz CT molecular complexity index is 202. The van der Waals surface area contributed by atoms with Crippen molar-refractivity contribution in [3.8, 4) is 0 Å². The Morgan fingerprint density at radius 1 is 1.33 bits per heavy atom. The van der Waals surface area contributed by atoms with E-state index in [4.69, 9.17) is 14.2 Å². The fourth-order valence-electron chi connectivity index (χ4n) is 1.27. The Morgan fingerprint density at radius 3 is 3.00 bits per heavy atom. The van der Waals surface area contributed by atoms with Gasteiger partial charge in [-0.25, -0.2) is 0 Å². The fraction of sp³-hybridized carbons (Fsp3) is 0.556. The third kappa shape index (κ3) is 1.68. The van der Waals surface area contributed by atoms with Gasteiger partial charge in [0.05, 0.1) is 26.1 Å². The van der Waals surface area contributed by atoms with Crippen molar-refractivity contribution in [2.75, 3.05) is 19.8 Å². The van der Waals surface area contributed by atoms with Crippen LogP contribution in [0.4, 0.5) is 0 Å². The van der Waals surface area contributed by atoms with Crippen LogP contribution in [0.25, 0.3) is 0 Å². The topological polar surface area (TPSA) is 27.7 Å². The van der Waals surface area contributed by atoms with E-state index in [1.165, 1.54) is 0 Å². The lowest BCUT2D eigenvalue weighted by atomic mass is 10.2. The standard InChI is InChI=1S/C9H12O3/c1-2-4-11-8(3-1)9-7-10-5-6-12-9/h2-4,9H,1,5-7H2. The van der Waals surface area contributed by atoms with E-state index in [9.17, 15) is 0 Å². The molecule has 2 aliphatic heterocycles. The number of ether oxygens (including phenoxy) is 3. The molecule has 0 aromatic carbocycles. The fourth-order valence-corrected chi connectivity index (χ4v) is 1.27. The van der Waals surface area contributed by atoms with Crippen molar-refractivity contribution in [1.82, 2.24) is 0 Å². The predicted molar refractivity (Wildman–Crippen MR) is 43.5 cm³/mol. The molecule has 0 aromatic rings. The van der Waals surface area contributed by atoms with Gasteiger partial charge in [0.2, 0.25) is 0 Å². The third-order valence-electron chi connectivity index (χ3n) is 1.89. The highest BCUT2D eigenvalue weighted by Gasteiger charge is 2.20. The maximum Gasteiger partial charge on any atom is 0.138 e. The lowest BCUT2D eigenvalue weighted by Gasteiger charge is -2.25. The van der Waals surface area contributed by atoms with Crippen molar-refractivity contribution in [3.63, 3.8) is 0 Å². The molecule has 2 heterocycles. The number of rotatable bonds is 1. The molecule has 0 radical (unpaired) electrons. The Labute approximate surface area is 71.6 Å². The molecule has 1 atom stereocenters. The first-order valence-electron chi connectivity index (χ1n) is 4.18. The number of hydrogen-bond acceptors (Lipinski definition) is 3. The van der Waals surface area contributed by atoms with Gasteiger partial charge in [-0.05, 0) is 18.6 Å². The molecule has 0 amide bonds. The average molecular weight is 168 g/mol. The zero-order valence-corrected chi connectivity index (χ0v) is 6.86. The SMILES string of the molecule is C1=COC(C2COCCO2)=CC1. The summed E-state index contributed by atoms with van der Waals surface area (Å²) in [5.41, 5.74) is 0. The quantitative estimate of drug-likeness (QED) is 0.589. The molecule has 3 nitrogen and oxygen atoms in total. The maximum absolute atomic E-state index is 5.47. The van der Waals surface area contributed by atoms with Gasteiger partial charge in [-0.1, -0.05) is 0 Å². The van der Waals surface area contributed by atoms with E-state index in [2.05, 4.69) is 0 Å². The van der Waals surface area contributed by atoms with Crippen molar-refractivity contribution in [2.24, 2.45) is 0 Å². The first-order valence-corrected chi connectivity index (χ1v) is 4.18. The normalized spacial score (nSPS) is 29.3. The van der Waals surface area contributed by atoms with Crippen LogP contribution >= 0.6 is 0 Å². The third-order valence-corrected chi connectivity index (χ3v) is 1.89. The molecule has 12 heavy (non-hydrogen) atoms. The minimum atomic E-state index is 0.00343. The van der Waals surface area contributed by atoms with Crippen molar-refractivity contribution in [1.29, 1.82) is 0 Å². The second-order valence-electron chi connectivity index (χ2n) is 2.77. The van der Waals surface area contributed by atoms with Crippen LogP contribution in [0.3, 0.4) is 0 Å². The van der Waals surface area contributed by atoms with Crippen LogP contribution in [0.5, 0.6) is 0 Å². The molecular formula is C9H12O3. The summed E-state index contributed by atoms with van der Waals surface area (Å²) >= 11 is 0. The average Bonchev–Trinajstić information content (AvgIpc) is 2.21. The van der Waals surface area contributed by atoms with Crippen LogP contribution in [-0.2, 0) is 14.2 Å². The van der Waals surface area contributed by atoms with Gasteiger partial charge in [0.25, 0.3) is 0 Å². The summed E-state index contributed by atoms with van der Waals surface area (Å²) in [6.45, 7) is 1.97. The van der Waals surface area contributed by atoms with Gasteiger partial charge in [0, 0.05) is 0 Å². The number of hydrogen-bond donors (Lipinski definition) is 0. The first kappa shape index (κ1) is 7.83. The summed E-state index contributed by atoms with van der Waals surface area (Å²) in [5, 5.41) is 0. The largest absolute Gasteiger partial charge is 0.467 e. The zero-order chi connectivity index (χ0) is 8.23. The molecule has 2 rings (SSSR count). The van der Waals surface area contributed by atoms with Gasteiger partial charge in [-0.2, -0.15) is 0 Å².